The fraction of sp³-hybridized carbons (Fsp3) is 0.409. The van der Waals surface area contributed by atoms with E-state index in [0.29, 0.717) is 12.0 Å². The van der Waals surface area contributed by atoms with Crippen molar-refractivity contribution in [1.82, 2.24) is 4.90 Å². The molecule has 2 aromatic carbocycles. The molecule has 1 fully saturated rings. The second-order valence-corrected chi connectivity index (χ2v) is 9.84. The number of amides is 1. The van der Waals surface area contributed by atoms with Gasteiger partial charge < -0.3 is 15.3 Å². The summed E-state index contributed by atoms with van der Waals surface area (Å²) in [4.78, 5) is 16.5. The van der Waals surface area contributed by atoms with E-state index >= 15 is 0 Å². The van der Waals surface area contributed by atoms with Crippen molar-refractivity contribution in [2.75, 3.05) is 48.7 Å². The molecule has 1 saturated heterocycles. The number of aliphatic hydroxyl groups excluding tert-OH is 1. The zero-order valence-electron chi connectivity index (χ0n) is 16.8. The van der Waals surface area contributed by atoms with Crippen molar-refractivity contribution in [2.24, 2.45) is 0 Å². The van der Waals surface area contributed by atoms with Crippen LogP contribution in [0.4, 0.5) is 11.4 Å². The number of carbonyl (C=O) groups is 1. The van der Waals surface area contributed by atoms with Crippen LogP contribution >= 0.6 is 0 Å². The molecule has 8 heteroatoms. The molecule has 2 N–H and O–H groups in total. The first-order valence-electron chi connectivity index (χ1n) is 10.3. The van der Waals surface area contributed by atoms with Gasteiger partial charge in [-0.2, -0.15) is 0 Å². The number of fused-ring (bicyclic) bond motifs is 1. The molecule has 2 aromatic rings. The summed E-state index contributed by atoms with van der Waals surface area (Å²) in [6.45, 7) is 4.88. The van der Waals surface area contributed by atoms with Crippen LogP contribution < -0.4 is 10.2 Å². The third-order valence-corrected chi connectivity index (χ3v) is 7.43. The van der Waals surface area contributed by atoms with Gasteiger partial charge in [0, 0.05) is 31.9 Å². The molecule has 2 heterocycles. The molecule has 0 radical (unpaired) electrons. The highest BCUT2D eigenvalue weighted by atomic mass is 32.2. The summed E-state index contributed by atoms with van der Waals surface area (Å²) in [5, 5.41) is 13.1. The lowest BCUT2D eigenvalue weighted by atomic mass is 10.0. The lowest BCUT2D eigenvalue weighted by molar-refractivity contribution is -0.114. The minimum Gasteiger partial charge on any atom is -0.388 e. The number of benzene rings is 2. The van der Waals surface area contributed by atoms with Gasteiger partial charge in [-0.05, 0) is 49.2 Å². The molecule has 2 aliphatic heterocycles. The number of para-hydroxylation sites is 1. The van der Waals surface area contributed by atoms with Crippen LogP contribution in [0.15, 0.2) is 53.4 Å². The van der Waals surface area contributed by atoms with Crippen LogP contribution in [0.3, 0.4) is 0 Å². The van der Waals surface area contributed by atoms with E-state index in [4.69, 9.17) is 0 Å². The second-order valence-electron chi connectivity index (χ2n) is 7.89. The van der Waals surface area contributed by atoms with Gasteiger partial charge in [-0.25, -0.2) is 8.42 Å². The van der Waals surface area contributed by atoms with E-state index in [1.54, 1.807) is 12.1 Å². The molecule has 0 spiro atoms. The summed E-state index contributed by atoms with van der Waals surface area (Å²) < 4.78 is 24.2. The van der Waals surface area contributed by atoms with Crippen molar-refractivity contribution in [3.05, 3.63) is 54.1 Å². The van der Waals surface area contributed by atoms with E-state index in [9.17, 15) is 18.3 Å². The molecule has 0 aromatic heterocycles. The topological polar surface area (TPSA) is 89.9 Å². The number of piperazine rings is 1. The zero-order valence-corrected chi connectivity index (χ0v) is 17.6. The zero-order chi connectivity index (χ0) is 21.1. The summed E-state index contributed by atoms with van der Waals surface area (Å²) >= 11 is 0. The van der Waals surface area contributed by atoms with Crippen LogP contribution in [0.25, 0.3) is 0 Å². The van der Waals surface area contributed by atoms with Crippen molar-refractivity contribution >= 4 is 27.1 Å². The summed E-state index contributed by atoms with van der Waals surface area (Å²) in [6, 6.07) is 15.1. The van der Waals surface area contributed by atoms with Gasteiger partial charge in [-0.3, -0.25) is 9.69 Å². The van der Waals surface area contributed by atoms with Crippen LogP contribution in [-0.2, 0) is 14.6 Å². The van der Waals surface area contributed by atoms with E-state index in [1.165, 1.54) is 11.8 Å². The first kappa shape index (κ1) is 20.8. The maximum atomic E-state index is 12.1. The maximum absolute atomic E-state index is 12.1. The van der Waals surface area contributed by atoms with Crippen molar-refractivity contribution in [3.63, 3.8) is 0 Å². The van der Waals surface area contributed by atoms with E-state index in [1.807, 2.05) is 6.07 Å². The molecule has 1 atom stereocenters. The van der Waals surface area contributed by atoms with Gasteiger partial charge in [0.25, 0.3) is 0 Å². The minimum absolute atomic E-state index is 0.120. The number of anilines is 2. The van der Waals surface area contributed by atoms with Crippen LogP contribution in [-0.4, -0.2) is 62.8 Å². The summed E-state index contributed by atoms with van der Waals surface area (Å²) in [6.07, 6.45) is 0.731. The number of rotatable bonds is 6. The molecule has 30 heavy (non-hydrogen) atoms. The standard InChI is InChI=1S/C22H27N3O4S/c26-20(17-8-9-21-19(15-17)23-22(27)16-30(21,28)29)7-4-10-24-11-13-25(14-12-24)18-5-2-1-3-6-18/h1-3,5-6,8-9,15,20,26H,4,7,10-14,16H2,(H,23,27). The fourth-order valence-corrected chi connectivity index (χ4v) is 5.40. The van der Waals surface area contributed by atoms with Crippen molar-refractivity contribution < 1.29 is 18.3 Å². The Kier molecular flexibility index (Phi) is 6.08. The van der Waals surface area contributed by atoms with Gasteiger partial charge in [0.15, 0.2) is 9.84 Å². The van der Waals surface area contributed by atoms with Crippen LogP contribution in [0.5, 0.6) is 0 Å². The van der Waals surface area contributed by atoms with E-state index < -0.39 is 27.6 Å². The number of nitrogens with zero attached hydrogens (tertiary/aromatic N) is 2. The van der Waals surface area contributed by atoms with E-state index in [2.05, 4.69) is 39.4 Å². The summed E-state index contributed by atoms with van der Waals surface area (Å²) in [5.41, 5.74) is 2.15. The van der Waals surface area contributed by atoms with Crippen molar-refractivity contribution in [3.8, 4) is 0 Å². The highest BCUT2D eigenvalue weighted by Gasteiger charge is 2.29. The number of carbonyl (C=O) groups excluding carboxylic acids is 1. The second kappa shape index (κ2) is 8.75. The Bertz CT molecular complexity index is 1000. The Hall–Kier alpha value is -2.42. The quantitative estimate of drug-likeness (QED) is 0.731. The van der Waals surface area contributed by atoms with Crippen molar-refractivity contribution in [2.45, 2.75) is 23.8 Å². The Morgan fingerprint density at radius 2 is 1.77 bits per heavy atom. The Morgan fingerprint density at radius 1 is 1.03 bits per heavy atom. The third kappa shape index (κ3) is 4.66. The normalized spacial score (nSPS) is 19.8. The Labute approximate surface area is 177 Å². The molecular weight excluding hydrogens is 402 g/mol. The minimum atomic E-state index is -3.59. The Morgan fingerprint density at radius 3 is 2.50 bits per heavy atom. The monoisotopic (exact) mass is 429 g/mol. The molecular formula is C22H27N3O4S. The number of hydrogen-bond acceptors (Lipinski definition) is 6. The van der Waals surface area contributed by atoms with E-state index in [0.717, 1.165) is 39.1 Å². The number of aliphatic hydroxyl groups is 1. The fourth-order valence-electron chi connectivity index (χ4n) is 4.10. The summed E-state index contributed by atoms with van der Waals surface area (Å²) in [5.74, 6) is -1.07. The predicted molar refractivity (Wildman–Crippen MR) is 116 cm³/mol. The van der Waals surface area contributed by atoms with Gasteiger partial charge in [0.2, 0.25) is 5.91 Å². The Balaban J connectivity index is 1.27. The molecule has 7 nitrogen and oxygen atoms in total. The van der Waals surface area contributed by atoms with Gasteiger partial charge in [0.1, 0.15) is 5.75 Å². The summed E-state index contributed by atoms with van der Waals surface area (Å²) in [7, 11) is -3.59. The average Bonchev–Trinajstić information content (AvgIpc) is 2.73. The third-order valence-electron chi connectivity index (χ3n) is 5.76. The average molecular weight is 430 g/mol. The predicted octanol–water partition coefficient (Wildman–Crippen LogP) is 2.05. The highest BCUT2D eigenvalue weighted by molar-refractivity contribution is 7.92. The van der Waals surface area contributed by atoms with Crippen LogP contribution in [0.1, 0.15) is 24.5 Å². The van der Waals surface area contributed by atoms with Gasteiger partial charge >= 0.3 is 0 Å². The van der Waals surface area contributed by atoms with Gasteiger partial charge in [-0.15, -0.1) is 0 Å². The van der Waals surface area contributed by atoms with Gasteiger partial charge in [-0.1, -0.05) is 24.3 Å². The molecule has 4 rings (SSSR count). The molecule has 0 saturated carbocycles. The molecule has 2 aliphatic rings. The molecule has 1 amide bonds. The first-order chi connectivity index (χ1) is 14.4. The highest BCUT2D eigenvalue weighted by Crippen LogP contribution is 2.31. The number of hydrogen-bond donors (Lipinski definition) is 2. The SMILES string of the molecule is O=C1CS(=O)(=O)c2ccc(C(O)CCCN3CCN(c4ccccc4)CC3)cc2N1. The largest absolute Gasteiger partial charge is 0.388 e. The van der Waals surface area contributed by atoms with Crippen molar-refractivity contribution in [1.29, 1.82) is 0 Å². The molecule has 1 unspecified atom stereocenters. The maximum Gasteiger partial charge on any atom is 0.239 e. The van der Waals surface area contributed by atoms with E-state index in [-0.39, 0.29) is 10.6 Å². The van der Waals surface area contributed by atoms with Crippen LogP contribution in [0.2, 0.25) is 0 Å². The molecule has 160 valence electrons. The number of sulfone groups is 1. The molecule has 0 bridgehead atoms. The first-order valence-corrected chi connectivity index (χ1v) is 11.9. The number of nitrogens with one attached hydrogen (secondary N) is 1. The van der Waals surface area contributed by atoms with Crippen LogP contribution in [0, 0.1) is 0 Å². The smallest absolute Gasteiger partial charge is 0.239 e. The lowest BCUT2D eigenvalue weighted by Crippen LogP contribution is -2.46. The van der Waals surface area contributed by atoms with Gasteiger partial charge in [0.05, 0.1) is 16.7 Å². The lowest BCUT2D eigenvalue weighted by Gasteiger charge is -2.36. The molecule has 0 aliphatic carbocycles.